The van der Waals surface area contributed by atoms with Crippen molar-refractivity contribution in [3.05, 3.63) is 90.0 Å². The number of hydrogen-bond acceptors (Lipinski definition) is 4. The summed E-state index contributed by atoms with van der Waals surface area (Å²) in [5.74, 6) is -0.302. The fourth-order valence-electron chi connectivity index (χ4n) is 4.16. The molecule has 180 valence electrons. The van der Waals surface area contributed by atoms with Crippen molar-refractivity contribution in [3.63, 3.8) is 0 Å². The van der Waals surface area contributed by atoms with Gasteiger partial charge in [-0.05, 0) is 74.4 Å². The van der Waals surface area contributed by atoms with Gasteiger partial charge in [-0.2, -0.15) is 0 Å². The molecule has 1 aliphatic rings. The van der Waals surface area contributed by atoms with Crippen LogP contribution in [0.25, 0.3) is 0 Å². The Bertz CT molecular complexity index is 1170. The van der Waals surface area contributed by atoms with Gasteiger partial charge in [-0.3, -0.25) is 14.4 Å². The molecule has 0 spiro atoms. The molecule has 0 aliphatic carbocycles. The smallest absolute Gasteiger partial charge is 0.258 e. The van der Waals surface area contributed by atoms with E-state index in [-0.39, 0.29) is 24.3 Å². The molecule has 0 saturated carbocycles. The highest BCUT2D eigenvalue weighted by Gasteiger charge is 2.20. The number of para-hydroxylation sites is 1. The lowest BCUT2D eigenvalue weighted by atomic mass is 10.1. The predicted octanol–water partition coefficient (Wildman–Crippen LogP) is 4.64. The van der Waals surface area contributed by atoms with Crippen LogP contribution in [0.4, 0.5) is 17.1 Å². The van der Waals surface area contributed by atoms with E-state index in [1.807, 2.05) is 42.2 Å². The third-order valence-corrected chi connectivity index (χ3v) is 6.00. The Morgan fingerprint density at radius 2 is 1.54 bits per heavy atom. The first kappa shape index (κ1) is 24.0. The number of amides is 3. The number of likely N-dealkylation sites (tertiary alicyclic amines) is 1. The van der Waals surface area contributed by atoms with Crippen LogP contribution >= 0.6 is 0 Å². The molecule has 0 aromatic heterocycles. The van der Waals surface area contributed by atoms with E-state index in [4.69, 9.17) is 0 Å². The lowest BCUT2D eigenvalue weighted by Crippen LogP contribution is -2.30. The summed E-state index contributed by atoms with van der Waals surface area (Å²) >= 11 is 0. The van der Waals surface area contributed by atoms with Gasteiger partial charge in [0.15, 0.2) is 0 Å². The van der Waals surface area contributed by atoms with Crippen LogP contribution in [0.3, 0.4) is 0 Å². The second kappa shape index (κ2) is 11.3. The number of anilines is 3. The molecule has 1 heterocycles. The van der Waals surface area contributed by atoms with E-state index in [0.717, 1.165) is 37.3 Å². The Morgan fingerprint density at radius 1 is 0.829 bits per heavy atom. The Hall–Kier alpha value is -4.13. The first-order valence-corrected chi connectivity index (χ1v) is 11.9. The van der Waals surface area contributed by atoms with Gasteiger partial charge in [-0.15, -0.1) is 0 Å². The number of carbonyl (C=O) groups excluding carboxylic acids is 3. The van der Waals surface area contributed by atoms with E-state index in [1.54, 1.807) is 53.4 Å². The molecule has 3 aromatic carbocycles. The monoisotopic (exact) mass is 470 g/mol. The van der Waals surface area contributed by atoms with Crippen molar-refractivity contribution in [2.24, 2.45) is 0 Å². The molecule has 3 aromatic rings. The van der Waals surface area contributed by atoms with Crippen LogP contribution in [0, 0.1) is 0 Å². The Kier molecular flexibility index (Phi) is 7.77. The molecule has 0 atom stereocenters. The average Bonchev–Trinajstić information content (AvgIpc) is 3.44. The topological polar surface area (TPSA) is 81.8 Å². The third kappa shape index (κ3) is 6.06. The summed E-state index contributed by atoms with van der Waals surface area (Å²) in [5, 5.41) is 5.91. The largest absolute Gasteiger partial charge is 0.376 e. The van der Waals surface area contributed by atoms with Crippen LogP contribution in [0.5, 0.6) is 0 Å². The minimum atomic E-state index is -0.225. The summed E-state index contributed by atoms with van der Waals surface area (Å²) in [6.07, 6.45) is 2.07. The van der Waals surface area contributed by atoms with Crippen molar-refractivity contribution in [2.45, 2.75) is 19.8 Å². The van der Waals surface area contributed by atoms with Gasteiger partial charge in [0.25, 0.3) is 11.8 Å². The maximum absolute atomic E-state index is 12.9. The Morgan fingerprint density at radius 3 is 2.23 bits per heavy atom. The second-order valence-electron chi connectivity index (χ2n) is 8.44. The van der Waals surface area contributed by atoms with Gasteiger partial charge in [0.05, 0.1) is 6.54 Å². The van der Waals surface area contributed by atoms with Crippen LogP contribution in [0.2, 0.25) is 0 Å². The molecule has 2 N–H and O–H groups in total. The van der Waals surface area contributed by atoms with Gasteiger partial charge in [-0.25, -0.2) is 0 Å². The summed E-state index contributed by atoms with van der Waals surface area (Å²) < 4.78 is 0. The molecule has 0 unspecified atom stereocenters. The summed E-state index contributed by atoms with van der Waals surface area (Å²) in [4.78, 5) is 41.5. The predicted molar refractivity (Wildman–Crippen MR) is 139 cm³/mol. The molecule has 1 saturated heterocycles. The van der Waals surface area contributed by atoms with Gasteiger partial charge in [0, 0.05) is 47.8 Å². The molecule has 1 fully saturated rings. The zero-order valence-corrected chi connectivity index (χ0v) is 19.9. The number of nitrogens with one attached hydrogen (secondary N) is 2. The number of nitrogens with zero attached hydrogens (tertiary/aromatic N) is 2. The molecule has 35 heavy (non-hydrogen) atoms. The van der Waals surface area contributed by atoms with Crippen molar-refractivity contribution >= 4 is 34.8 Å². The molecule has 0 radical (unpaired) electrons. The first-order valence-electron chi connectivity index (χ1n) is 11.9. The Balaban J connectivity index is 1.31. The van der Waals surface area contributed by atoms with E-state index >= 15 is 0 Å². The zero-order chi connectivity index (χ0) is 24.6. The van der Waals surface area contributed by atoms with Crippen LogP contribution in [-0.4, -0.2) is 48.8 Å². The van der Waals surface area contributed by atoms with Crippen molar-refractivity contribution in [1.82, 2.24) is 4.90 Å². The van der Waals surface area contributed by atoms with Crippen molar-refractivity contribution in [1.29, 1.82) is 0 Å². The maximum atomic E-state index is 12.9. The third-order valence-electron chi connectivity index (χ3n) is 6.00. The fraction of sp³-hybridized carbons (Fsp3) is 0.250. The maximum Gasteiger partial charge on any atom is 0.258 e. The SMILES string of the molecule is CCN(C(=O)c1ccc(NCC(=O)Nc2cccc(C(=O)N3CCCC3)c2)cc1)c1ccccc1. The quantitative estimate of drug-likeness (QED) is 0.503. The summed E-state index contributed by atoms with van der Waals surface area (Å²) in [7, 11) is 0. The van der Waals surface area contributed by atoms with Gasteiger partial charge < -0.3 is 20.4 Å². The number of rotatable bonds is 8. The highest BCUT2D eigenvalue weighted by molar-refractivity contribution is 6.06. The molecule has 0 bridgehead atoms. The minimum Gasteiger partial charge on any atom is -0.376 e. The number of benzene rings is 3. The summed E-state index contributed by atoms with van der Waals surface area (Å²) in [6, 6.07) is 23.7. The summed E-state index contributed by atoms with van der Waals surface area (Å²) in [5.41, 5.74) is 3.32. The van der Waals surface area contributed by atoms with Crippen LogP contribution in [0.1, 0.15) is 40.5 Å². The molecule has 3 amide bonds. The highest BCUT2D eigenvalue weighted by Crippen LogP contribution is 2.19. The van der Waals surface area contributed by atoms with Crippen LogP contribution < -0.4 is 15.5 Å². The van der Waals surface area contributed by atoms with E-state index in [1.165, 1.54) is 0 Å². The van der Waals surface area contributed by atoms with Crippen molar-refractivity contribution in [2.75, 3.05) is 41.7 Å². The van der Waals surface area contributed by atoms with Gasteiger partial charge in [-0.1, -0.05) is 24.3 Å². The van der Waals surface area contributed by atoms with Gasteiger partial charge >= 0.3 is 0 Å². The van der Waals surface area contributed by atoms with Crippen molar-refractivity contribution < 1.29 is 14.4 Å². The van der Waals surface area contributed by atoms with E-state index in [2.05, 4.69) is 10.6 Å². The second-order valence-corrected chi connectivity index (χ2v) is 8.44. The standard InChI is InChI=1S/C28H30N4O3/c1-2-32(25-11-4-3-5-12-25)28(35)21-13-15-23(16-14-21)29-20-26(33)30-24-10-8-9-22(19-24)27(34)31-17-6-7-18-31/h3-5,8-16,19,29H,2,6-7,17-18,20H2,1H3,(H,30,33). The summed E-state index contributed by atoms with van der Waals surface area (Å²) in [6.45, 7) is 4.13. The van der Waals surface area contributed by atoms with E-state index in [9.17, 15) is 14.4 Å². The molecule has 4 rings (SSSR count). The molecule has 1 aliphatic heterocycles. The van der Waals surface area contributed by atoms with Gasteiger partial charge in [0.1, 0.15) is 0 Å². The minimum absolute atomic E-state index is 0.000244. The molecular weight excluding hydrogens is 440 g/mol. The van der Waals surface area contributed by atoms with Crippen molar-refractivity contribution in [3.8, 4) is 0 Å². The molecular formula is C28H30N4O3. The highest BCUT2D eigenvalue weighted by atomic mass is 16.2. The lowest BCUT2D eigenvalue weighted by Gasteiger charge is -2.21. The molecule has 7 nitrogen and oxygen atoms in total. The normalized spacial score (nSPS) is 12.8. The zero-order valence-electron chi connectivity index (χ0n) is 19.9. The average molecular weight is 471 g/mol. The lowest BCUT2D eigenvalue weighted by molar-refractivity contribution is -0.114. The Labute approximate surface area is 205 Å². The number of carbonyl (C=O) groups is 3. The van der Waals surface area contributed by atoms with E-state index < -0.39 is 0 Å². The van der Waals surface area contributed by atoms with Gasteiger partial charge in [0.2, 0.25) is 5.91 Å². The number of hydrogen-bond donors (Lipinski definition) is 2. The van der Waals surface area contributed by atoms with E-state index in [0.29, 0.717) is 23.4 Å². The fourth-order valence-corrected chi connectivity index (χ4v) is 4.16. The molecule has 7 heteroatoms. The van der Waals surface area contributed by atoms with Crippen LogP contribution in [0.15, 0.2) is 78.9 Å². The first-order chi connectivity index (χ1) is 17.0. The van der Waals surface area contributed by atoms with Crippen LogP contribution in [-0.2, 0) is 4.79 Å².